The van der Waals surface area contributed by atoms with E-state index in [4.69, 9.17) is 0 Å². The molecule has 0 rings (SSSR count). The van der Waals surface area contributed by atoms with E-state index in [9.17, 15) is 0 Å². The van der Waals surface area contributed by atoms with E-state index < -0.39 is 0 Å². The van der Waals surface area contributed by atoms with E-state index in [1.54, 1.807) is 0 Å². The molecule has 0 bridgehead atoms. The standard InChI is InChI=1S/C20H36P2/c1-3-5-7-9-11-13-15-17-19-21-22-20-18-16-14-12-10-8-6-4-2/h21-22H,3-16H2,1-2H3/p+1. The SMILES string of the molecule is CCCCCCCCC#CP[PH2+]C#CCCCCCCCC. The fourth-order valence-electron chi connectivity index (χ4n) is 2.30. The zero-order valence-corrected chi connectivity index (χ0v) is 17.1. The van der Waals surface area contributed by atoms with Crippen LogP contribution < -0.4 is 0 Å². The van der Waals surface area contributed by atoms with E-state index in [0.29, 0.717) is 0 Å². The third-order valence-electron chi connectivity index (χ3n) is 3.72. The van der Waals surface area contributed by atoms with Gasteiger partial charge in [0.1, 0.15) is 8.27 Å². The van der Waals surface area contributed by atoms with Gasteiger partial charge in [-0.3, -0.25) is 0 Å². The molecule has 2 heteroatoms. The topological polar surface area (TPSA) is 0 Å². The van der Waals surface area contributed by atoms with Crippen LogP contribution in [0.2, 0.25) is 0 Å². The van der Waals surface area contributed by atoms with Gasteiger partial charge in [-0.05, 0) is 18.5 Å². The highest BCUT2D eigenvalue weighted by Gasteiger charge is 1.90. The summed E-state index contributed by atoms with van der Waals surface area (Å²) in [5, 5.41) is 0. The van der Waals surface area contributed by atoms with Gasteiger partial charge in [-0.1, -0.05) is 89.9 Å². The number of hydrogen-bond acceptors (Lipinski definition) is 0. The largest absolute Gasteiger partial charge is 0.128 e. The van der Waals surface area contributed by atoms with Gasteiger partial charge in [0.15, 0.2) is 0 Å². The molecule has 0 saturated heterocycles. The van der Waals surface area contributed by atoms with E-state index in [-0.39, 0.29) is 8.27 Å². The van der Waals surface area contributed by atoms with Crippen LogP contribution in [0.5, 0.6) is 0 Å². The smallest absolute Gasteiger partial charge is 0.0952 e. The summed E-state index contributed by atoms with van der Waals surface area (Å²) in [6.07, 6.45) is 18.6. The maximum Gasteiger partial charge on any atom is 0.128 e. The molecule has 2 unspecified atom stereocenters. The molecule has 0 aliphatic rings. The van der Waals surface area contributed by atoms with Crippen LogP contribution in [0.3, 0.4) is 0 Å². The van der Waals surface area contributed by atoms with Crippen molar-refractivity contribution in [2.24, 2.45) is 0 Å². The molecule has 0 N–H and O–H groups in total. The Bertz CT molecular complexity index is 293. The Hall–Kier alpha value is -0.0200. The van der Waals surface area contributed by atoms with Gasteiger partial charge in [0.05, 0.1) is 13.9 Å². The first-order valence-electron chi connectivity index (χ1n) is 9.45. The minimum Gasteiger partial charge on any atom is -0.0952 e. The van der Waals surface area contributed by atoms with Crippen molar-refractivity contribution < 1.29 is 0 Å². The molecule has 0 fully saturated rings. The van der Waals surface area contributed by atoms with E-state index >= 15 is 0 Å². The highest BCUT2D eigenvalue weighted by molar-refractivity contribution is 8.16. The van der Waals surface area contributed by atoms with Gasteiger partial charge in [-0.25, -0.2) is 0 Å². The average molecular weight is 339 g/mol. The third kappa shape index (κ3) is 20.0. The second kappa shape index (κ2) is 21.0. The van der Waals surface area contributed by atoms with Crippen molar-refractivity contribution in [1.82, 2.24) is 0 Å². The Kier molecular flexibility index (Phi) is 21.0. The molecule has 0 spiro atoms. The van der Waals surface area contributed by atoms with Gasteiger partial charge in [-0.15, -0.1) is 0 Å². The van der Waals surface area contributed by atoms with Crippen molar-refractivity contribution in [3.8, 4) is 23.2 Å². The Labute approximate surface area is 143 Å². The molecular weight excluding hydrogens is 302 g/mol. The first-order valence-corrected chi connectivity index (χ1v) is 12.8. The summed E-state index contributed by atoms with van der Waals surface area (Å²) in [5.41, 5.74) is 6.68. The molecule has 0 aromatic carbocycles. The molecule has 0 nitrogen and oxygen atoms in total. The quantitative estimate of drug-likeness (QED) is 0.186. The molecule has 0 aliphatic heterocycles. The maximum atomic E-state index is 3.36. The molecule has 0 radical (unpaired) electrons. The summed E-state index contributed by atoms with van der Waals surface area (Å²) < 4.78 is 0. The lowest BCUT2D eigenvalue weighted by Gasteiger charge is -1.96. The van der Waals surface area contributed by atoms with Crippen molar-refractivity contribution in [1.29, 1.82) is 0 Å². The highest BCUT2D eigenvalue weighted by Crippen LogP contribution is 2.33. The molecule has 0 saturated carbocycles. The second-order valence-electron chi connectivity index (χ2n) is 5.95. The Balaban J connectivity index is 3.22. The van der Waals surface area contributed by atoms with Crippen LogP contribution in [0.15, 0.2) is 0 Å². The van der Waals surface area contributed by atoms with Gasteiger partial charge in [-0.2, -0.15) is 0 Å². The lowest BCUT2D eigenvalue weighted by atomic mass is 10.1. The molecule has 126 valence electrons. The van der Waals surface area contributed by atoms with Crippen LogP contribution in [-0.4, -0.2) is 0 Å². The predicted octanol–water partition coefficient (Wildman–Crippen LogP) is 7.41. The highest BCUT2D eigenvalue weighted by atomic mass is 32.0. The van der Waals surface area contributed by atoms with Gasteiger partial charge in [0.2, 0.25) is 0 Å². The molecule has 0 amide bonds. The van der Waals surface area contributed by atoms with Gasteiger partial charge in [0, 0.05) is 12.8 Å². The fraction of sp³-hybridized carbons (Fsp3) is 0.800. The zero-order chi connectivity index (χ0) is 16.1. The van der Waals surface area contributed by atoms with Crippen LogP contribution in [0.4, 0.5) is 0 Å². The van der Waals surface area contributed by atoms with Gasteiger partial charge < -0.3 is 0 Å². The lowest BCUT2D eigenvalue weighted by molar-refractivity contribution is 0.614. The van der Waals surface area contributed by atoms with Crippen LogP contribution in [0.25, 0.3) is 0 Å². The monoisotopic (exact) mass is 339 g/mol. The Morgan fingerprint density at radius 3 is 1.73 bits per heavy atom. The normalized spacial score (nSPS) is 10.8. The van der Waals surface area contributed by atoms with Gasteiger partial charge in [0.25, 0.3) is 0 Å². The number of rotatable bonds is 13. The summed E-state index contributed by atoms with van der Waals surface area (Å²) in [5.74, 6) is 6.66. The molecule has 0 aromatic heterocycles. The average Bonchev–Trinajstić information content (AvgIpc) is 2.54. The maximum absolute atomic E-state index is 3.36. The van der Waals surface area contributed by atoms with Crippen molar-refractivity contribution in [2.45, 2.75) is 104 Å². The van der Waals surface area contributed by atoms with Crippen LogP contribution >= 0.6 is 16.5 Å². The first kappa shape index (κ1) is 22.0. The zero-order valence-electron chi connectivity index (χ0n) is 15.0. The number of unbranched alkanes of at least 4 members (excludes halogenated alkanes) is 12. The van der Waals surface area contributed by atoms with Crippen molar-refractivity contribution >= 4 is 16.5 Å². The molecule has 22 heavy (non-hydrogen) atoms. The lowest BCUT2D eigenvalue weighted by Crippen LogP contribution is -1.77. The molecular formula is C20H37P2+. The summed E-state index contributed by atoms with van der Waals surface area (Å²) in [6, 6.07) is 0. The van der Waals surface area contributed by atoms with Gasteiger partial charge >= 0.3 is 0 Å². The number of hydrogen-bond donors (Lipinski definition) is 0. The predicted molar refractivity (Wildman–Crippen MR) is 110 cm³/mol. The van der Waals surface area contributed by atoms with E-state index in [2.05, 4.69) is 37.0 Å². The van der Waals surface area contributed by atoms with Crippen molar-refractivity contribution in [3.63, 3.8) is 0 Å². The van der Waals surface area contributed by atoms with Crippen LogP contribution in [-0.2, 0) is 0 Å². The van der Waals surface area contributed by atoms with E-state index in [1.807, 2.05) is 0 Å². The van der Waals surface area contributed by atoms with Crippen molar-refractivity contribution in [3.05, 3.63) is 0 Å². The summed E-state index contributed by atoms with van der Waals surface area (Å²) in [4.78, 5) is 0. The van der Waals surface area contributed by atoms with Crippen LogP contribution in [0.1, 0.15) is 104 Å². The Morgan fingerprint density at radius 1 is 0.636 bits per heavy atom. The fourth-order valence-corrected chi connectivity index (χ4v) is 3.96. The third-order valence-corrected chi connectivity index (χ3v) is 5.83. The van der Waals surface area contributed by atoms with Crippen LogP contribution in [0, 0.1) is 23.2 Å². The van der Waals surface area contributed by atoms with E-state index in [1.165, 1.54) is 77.0 Å². The summed E-state index contributed by atoms with van der Waals surface area (Å²) in [7, 11) is 1.08. The molecule has 0 aromatic rings. The summed E-state index contributed by atoms with van der Waals surface area (Å²) >= 11 is 0. The van der Waals surface area contributed by atoms with E-state index in [0.717, 1.165) is 21.1 Å². The minimum atomic E-state index is 0.278. The summed E-state index contributed by atoms with van der Waals surface area (Å²) in [6.45, 7) is 4.54. The Morgan fingerprint density at radius 2 is 1.14 bits per heavy atom. The second-order valence-corrected chi connectivity index (χ2v) is 8.80. The molecule has 2 atom stereocenters. The molecule has 0 heterocycles. The van der Waals surface area contributed by atoms with Crippen molar-refractivity contribution in [2.75, 3.05) is 0 Å². The minimum absolute atomic E-state index is 0.278. The first-order chi connectivity index (χ1) is 10.9. The molecule has 0 aliphatic carbocycles.